The van der Waals surface area contributed by atoms with E-state index in [2.05, 4.69) is 33.4 Å². The summed E-state index contributed by atoms with van der Waals surface area (Å²) >= 11 is 5.29. The van der Waals surface area contributed by atoms with E-state index < -0.39 is 5.97 Å². The predicted molar refractivity (Wildman–Crippen MR) is 119 cm³/mol. The molecule has 0 bridgehead atoms. The van der Waals surface area contributed by atoms with E-state index in [1.54, 1.807) is 13.8 Å². The van der Waals surface area contributed by atoms with Crippen molar-refractivity contribution in [2.45, 2.75) is 59.8 Å². The molecule has 0 amide bonds. The molecule has 0 spiro atoms. The second-order valence-corrected chi connectivity index (χ2v) is 6.97. The van der Waals surface area contributed by atoms with Gasteiger partial charge in [0.25, 0.3) is 0 Å². The number of nitrogen functional groups attached to an aromatic ring is 1. The number of hydrogen-bond donors (Lipinski definition) is 3. The van der Waals surface area contributed by atoms with Gasteiger partial charge in [0.1, 0.15) is 17.1 Å². The number of ether oxygens (including phenoxy) is 2. The number of thiocarbonyl (C=S) groups is 1. The lowest BCUT2D eigenvalue weighted by molar-refractivity contribution is -0.145. The Morgan fingerprint density at radius 3 is 2.03 bits per heavy atom. The highest BCUT2D eigenvalue weighted by molar-refractivity contribution is 7.80. The molecule has 1 rings (SSSR count). The molecule has 1 aromatic heterocycles. The fourth-order valence-corrected chi connectivity index (χ4v) is 2.65. The van der Waals surface area contributed by atoms with Crippen LogP contribution in [0.2, 0.25) is 0 Å². The molecule has 9 nitrogen and oxygen atoms in total. The number of hydrogen-bond acceptors (Lipinski definition) is 9. The number of anilines is 1. The van der Waals surface area contributed by atoms with Gasteiger partial charge >= 0.3 is 11.9 Å². The third-order valence-corrected chi connectivity index (χ3v) is 3.74. The second kappa shape index (κ2) is 17.8. The normalized spacial score (nSPS) is 9.24. The number of nitrogens with zero attached hydrogens (tertiary/aromatic N) is 1. The molecular formula is C18H32N4O5S2. The van der Waals surface area contributed by atoms with Crippen molar-refractivity contribution in [1.29, 1.82) is 0 Å². The van der Waals surface area contributed by atoms with Gasteiger partial charge in [0.2, 0.25) is 0 Å². The Hall–Kier alpha value is -2.27. The Morgan fingerprint density at radius 1 is 1.03 bits per heavy atom. The first-order valence-corrected chi connectivity index (χ1v) is 10.5. The van der Waals surface area contributed by atoms with Crippen molar-refractivity contribution in [2.75, 3.05) is 18.9 Å². The molecule has 166 valence electrons. The standard InChI is InChI=1S/C9H14N2O2S.C8H14O3.CH4N2S/c1-3-5-6-7(8(12)13-4-2)14-9(10)11-6;1-3-5-7(9)6-8(10)11-4-2;2-1(3)4/h3-5H2,1-2H3,(H2,10,11);3-6H2,1-2H3;(H4,2,3,4). The number of aryl methyl sites for hydroxylation is 1. The lowest BCUT2D eigenvalue weighted by atomic mass is 10.2. The molecule has 11 heteroatoms. The first kappa shape index (κ1) is 28.9. The lowest BCUT2D eigenvalue weighted by Gasteiger charge is -2.00. The monoisotopic (exact) mass is 448 g/mol. The minimum absolute atomic E-state index is 0.000000000000000222. The summed E-state index contributed by atoms with van der Waals surface area (Å²) in [6.07, 6.45) is 2.90. The number of rotatable bonds is 9. The summed E-state index contributed by atoms with van der Waals surface area (Å²) in [4.78, 5) is 37.6. The smallest absolute Gasteiger partial charge is 0.350 e. The molecule has 0 saturated carbocycles. The molecule has 0 aliphatic rings. The summed E-state index contributed by atoms with van der Waals surface area (Å²) in [5.41, 5.74) is 15.5. The van der Waals surface area contributed by atoms with E-state index >= 15 is 0 Å². The Balaban J connectivity index is 0. The van der Waals surface area contributed by atoms with Crippen LogP contribution < -0.4 is 17.2 Å². The number of ketones is 1. The van der Waals surface area contributed by atoms with Crippen LogP contribution in [0.1, 0.15) is 68.7 Å². The summed E-state index contributed by atoms with van der Waals surface area (Å²) in [7, 11) is 0. The molecule has 0 atom stereocenters. The molecule has 0 aromatic carbocycles. The topological polar surface area (TPSA) is 161 Å². The van der Waals surface area contributed by atoms with E-state index in [-0.39, 0.29) is 23.3 Å². The highest BCUT2D eigenvalue weighted by Gasteiger charge is 2.17. The maximum absolute atomic E-state index is 11.4. The lowest BCUT2D eigenvalue weighted by Crippen LogP contribution is -2.18. The highest BCUT2D eigenvalue weighted by Crippen LogP contribution is 2.22. The van der Waals surface area contributed by atoms with Gasteiger partial charge in [-0.2, -0.15) is 0 Å². The summed E-state index contributed by atoms with van der Waals surface area (Å²) in [6, 6.07) is 0. The Kier molecular flexibility index (Phi) is 17.8. The molecule has 29 heavy (non-hydrogen) atoms. The molecule has 0 fully saturated rings. The third kappa shape index (κ3) is 16.4. The second-order valence-electron chi connectivity index (χ2n) is 5.47. The number of aromatic nitrogens is 1. The first-order valence-electron chi connectivity index (χ1n) is 9.27. The van der Waals surface area contributed by atoms with E-state index in [4.69, 9.17) is 10.5 Å². The van der Waals surface area contributed by atoms with E-state index in [1.165, 1.54) is 11.3 Å². The van der Waals surface area contributed by atoms with Crippen LogP contribution in [0.4, 0.5) is 5.13 Å². The van der Waals surface area contributed by atoms with Crippen molar-refractivity contribution in [1.82, 2.24) is 4.98 Å². The van der Waals surface area contributed by atoms with Gasteiger partial charge in [-0.05, 0) is 38.9 Å². The van der Waals surface area contributed by atoms with E-state index in [0.717, 1.165) is 25.0 Å². The number of thiazole rings is 1. The molecule has 1 aromatic rings. The van der Waals surface area contributed by atoms with Crippen molar-refractivity contribution >= 4 is 51.5 Å². The summed E-state index contributed by atoms with van der Waals surface area (Å²) in [5.74, 6) is -0.762. The number of Topliss-reactive ketones (excluding diaryl/α,β-unsaturated/α-hetero) is 1. The van der Waals surface area contributed by atoms with Gasteiger partial charge in [0.05, 0.1) is 18.9 Å². The first-order chi connectivity index (χ1) is 13.6. The summed E-state index contributed by atoms with van der Waals surface area (Å²) in [5, 5.41) is 0.427. The third-order valence-electron chi connectivity index (χ3n) is 2.84. The van der Waals surface area contributed by atoms with Crippen molar-refractivity contribution in [2.24, 2.45) is 11.5 Å². The fourth-order valence-electron chi connectivity index (χ4n) is 1.87. The van der Waals surface area contributed by atoms with Crippen LogP contribution in [0.5, 0.6) is 0 Å². The summed E-state index contributed by atoms with van der Waals surface area (Å²) < 4.78 is 9.50. The van der Waals surface area contributed by atoms with Crippen LogP contribution in [-0.4, -0.2) is 41.0 Å². The molecule has 0 aliphatic carbocycles. The molecule has 0 radical (unpaired) electrons. The van der Waals surface area contributed by atoms with Crippen molar-refractivity contribution in [3.8, 4) is 0 Å². The van der Waals surface area contributed by atoms with Gasteiger partial charge in [0.15, 0.2) is 10.2 Å². The van der Waals surface area contributed by atoms with Crippen molar-refractivity contribution in [3.05, 3.63) is 10.6 Å². The quantitative estimate of drug-likeness (QED) is 0.290. The van der Waals surface area contributed by atoms with Gasteiger partial charge < -0.3 is 26.7 Å². The Morgan fingerprint density at radius 2 is 1.59 bits per heavy atom. The van der Waals surface area contributed by atoms with Crippen LogP contribution in [0.25, 0.3) is 0 Å². The van der Waals surface area contributed by atoms with Gasteiger partial charge in [0, 0.05) is 6.42 Å². The van der Waals surface area contributed by atoms with Crippen molar-refractivity contribution < 1.29 is 23.9 Å². The van der Waals surface area contributed by atoms with E-state index in [9.17, 15) is 14.4 Å². The number of nitrogens with two attached hydrogens (primary N) is 3. The van der Waals surface area contributed by atoms with Crippen LogP contribution in [0, 0.1) is 0 Å². The van der Waals surface area contributed by atoms with Crippen LogP contribution in [0.3, 0.4) is 0 Å². The maximum atomic E-state index is 11.4. The average Bonchev–Trinajstić information content (AvgIpc) is 2.96. The Bertz CT molecular complexity index is 630. The van der Waals surface area contributed by atoms with E-state index in [0.29, 0.717) is 29.6 Å². The zero-order valence-corrected chi connectivity index (χ0v) is 19.1. The number of carbonyl (C=O) groups is 3. The predicted octanol–water partition coefficient (Wildman–Crippen LogP) is 2.35. The minimum Gasteiger partial charge on any atom is -0.466 e. The average molecular weight is 449 g/mol. The summed E-state index contributed by atoms with van der Waals surface area (Å²) in [6.45, 7) is 8.16. The van der Waals surface area contributed by atoms with E-state index in [1.807, 2.05) is 13.8 Å². The van der Waals surface area contributed by atoms with Crippen molar-refractivity contribution in [3.63, 3.8) is 0 Å². The molecule has 6 N–H and O–H groups in total. The van der Waals surface area contributed by atoms with Gasteiger partial charge in [-0.1, -0.05) is 31.6 Å². The molecular weight excluding hydrogens is 416 g/mol. The van der Waals surface area contributed by atoms with Gasteiger partial charge in [-0.25, -0.2) is 9.78 Å². The van der Waals surface area contributed by atoms with Crippen LogP contribution in [0.15, 0.2) is 0 Å². The minimum atomic E-state index is -0.411. The zero-order chi connectivity index (χ0) is 22.8. The molecule has 0 aliphatic heterocycles. The van der Waals surface area contributed by atoms with Gasteiger partial charge in [-0.3, -0.25) is 9.59 Å². The van der Waals surface area contributed by atoms with Crippen LogP contribution >= 0.6 is 23.6 Å². The molecule has 0 unspecified atom stereocenters. The molecule has 0 saturated heterocycles. The molecule has 1 heterocycles. The number of esters is 2. The largest absolute Gasteiger partial charge is 0.466 e. The highest BCUT2D eigenvalue weighted by atomic mass is 32.1. The SMILES string of the molecule is CCCC(=O)CC(=O)OCC.CCCc1nc(N)sc1C(=O)OCC.NC(N)=S. The zero-order valence-electron chi connectivity index (χ0n) is 17.5. The van der Waals surface area contributed by atoms with Crippen LogP contribution in [-0.2, 0) is 25.5 Å². The fraction of sp³-hybridized carbons (Fsp3) is 0.611. The number of carbonyl (C=O) groups excluding carboxylic acids is 3. The van der Waals surface area contributed by atoms with Gasteiger partial charge in [-0.15, -0.1) is 0 Å². The Labute approximate surface area is 181 Å². The maximum Gasteiger partial charge on any atom is 0.350 e.